The van der Waals surface area contributed by atoms with Gasteiger partial charge in [-0.1, -0.05) is 22.0 Å². The maximum absolute atomic E-state index is 9.37. The van der Waals surface area contributed by atoms with Crippen molar-refractivity contribution in [3.05, 3.63) is 52.0 Å². The summed E-state index contributed by atoms with van der Waals surface area (Å²) in [6, 6.07) is 8.29. The summed E-state index contributed by atoms with van der Waals surface area (Å²) in [5.41, 5.74) is 2.10. The number of nitriles is 1. The molecule has 0 saturated carbocycles. The van der Waals surface area contributed by atoms with E-state index < -0.39 is 0 Å². The summed E-state index contributed by atoms with van der Waals surface area (Å²) in [4.78, 5) is 4.26. The molecule has 0 aliphatic heterocycles. The van der Waals surface area contributed by atoms with E-state index in [9.17, 15) is 5.26 Å². The number of hydrogen-bond donors (Lipinski definition) is 0. The second kappa shape index (κ2) is 4.72. The van der Waals surface area contributed by atoms with Crippen molar-refractivity contribution in [2.75, 3.05) is 0 Å². The van der Waals surface area contributed by atoms with Gasteiger partial charge in [0.1, 0.15) is 11.7 Å². The highest BCUT2D eigenvalue weighted by molar-refractivity contribution is 9.10. The number of rotatable bonds is 2. The van der Waals surface area contributed by atoms with Crippen LogP contribution in [-0.2, 0) is 7.05 Å². The van der Waals surface area contributed by atoms with Crippen LogP contribution >= 0.6 is 15.9 Å². The molecule has 0 fully saturated rings. The van der Waals surface area contributed by atoms with Gasteiger partial charge >= 0.3 is 0 Å². The van der Waals surface area contributed by atoms with Crippen molar-refractivity contribution in [1.82, 2.24) is 9.55 Å². The Balaban J connectivity index is 2.54. The Labute approximate surface area is 109 Å². The summed E-state index contributed by atoms with van der Waals surface area (Å²) in [6.07, 6.45) is 3.57. The molecule has 1 aromatic heterocycles. The van der Waals surface area contributed by atoms with Gasteiger partial charge < -0.3 is 4.57 Å². The largest absolute Gasteiger partial charge is 0.337 e. The first-order chi connectivity index (χ1) is 8.13. The molecular formula is C13H12BrN3. The second-order valence-electron chi connectivity index (χ2n) is 3.96. The molecule has 0 bridgehead atoms. The molecule has 2 aromatic rings. The molecule has 4 heteroatoms. The molecule has 1 heterocycles. The molecule has 86 valence electrons. The molecule has 3 nitrogen and oxygen atoms in total. The molecule has 0 saturated heterocycles. The Kier molecular flexibility index (Phi) is 3.30. The molecular weight excluding hydrogens is 278 g/mol. The lowest BCUT2D eigenvalue weighted by molar-refractivity contribution is 0.780. The number of benzene rings is 1. The lowest BCUT2D eigenvalue weighted by atomic mass is 9.95. The van der Waals surface area contributed by atoms with E-state index in [0.717, 1.165) is 21.4 Å². The lowest BCUT2D eigenvalue weighted by Crippen LogP contribution is -2.07. The van der Waals surface area contributed by atoms with Gasteiger partial charge in [-0.2, -0.15) is 5.26 Å². The van der Waals surface area contributed by atoms with E-state index in [-0.39, 0.29) is 5.92 Å². The smallest absolute Gasteiger partial charge is 0.130 e. The van der Waals surface area contributed by atoms with Crippen molar-refractivity contribution in [2.45, 2.75) is 12.8 Å². The molecule has 0 radical (unpaired) electrons. The molecule has 1 atom stereocenters. The van der Waals surface area contributed by atoms with E-state index in [4.69, 9.17) is 0 Å². The molecule has 0 amide bonds. The van der Waals surface area contributed by atoms with Crippen LogP contribution in [0, 0.1) is 18.3 Å². The van der Waals surface area contributed by atoms with E-state index >= 15 is 0 Å². The third-order valence-electron chi connectivity index (χ3n) is 2.80. The van der Waals surface area contributed by atoms with Gasteiger partial charge in [-0.3, -0.25) is 0 Å². The summed E-state index contributed by atoms with van der Waals surface area (Å²) in [5, 5.41) is 9.37. The van der Waals surface area contributed by atoms with Crippen molar-refractivity contribution >= 4 is 15.9 Å². The van der Waals surface area contributed by atoms with E-state index in [1.54, 1.807) is 6.20 Å². The third-order valence-corrected chi connectivity index (χ3v) is 3.29. The fourth-order valence-corrected chi connectivity index (χ4v) is 2.22. The van der Waals surface area contributed by atoms with E-state index in [2.05, 4.69) is 27.0 Å². The van der Waals surface area contributed by atoms with Gasteiger partial charge in [0, 0.05) is 23.9 Å². The van der Waals surface area contributed by atoms with Gasteiger partial charge in [0.15, 0.2) is 0 Å². The average molecular weight is 290 g/mol. The van der Waals surface area contributed by atoms with Gasteiger partial charge in [0.05, 0.1) is 6.07 Å². The van der Waals surface area contributed by atoms with Crippen LogP contribution in [0.5, 0.6) is 0 Å². The summed E-state index contributed by atoms with van der Waals surface area (Å²) in [6.45, 7) is 2.01. The van der Waals surface area contributed by atoms with Gasteiger partial charge in [-0.25, -0.2) is 4.98 Å². The quantitative estimate of drug-likeness (QED) is 0.852. The zero-order chi connectivity index (χ0) is 12.4. The summed E-state index contributed by atoms with van der Waals surface area (Å²) < 4.78 is 2.86. The highest BCUT2D eigenvalue weighted by Gasteiger charge is 2.19. The molecule has 17 heavy (non-hydrogen) atoms. The molecule has 0 N–H and O–H groups in total. The van der Waals surface area contributed by atoms with Gasteiger partial charge in [0.2, 0.25) is 0 Å². The summed E-state index contributed by atoms with van der Waals surface area (Å²) >= 11 is 3.44. The second-order valence-corrected chi connectivity index (χ2v) is 4.88. The Hall–Kier alpha value is -1.60. The van der Waals surface area contributed by atoms with Gasteiger partial charge in [-0.05, 0) is 30.2 Å². The molecule has 0 spiro atoms. The molecule has 1 unspecified atom stereocenters. The minimum Gasteiger partial charge on any atom is -0.337 e. The number of aryl methyl sites for hydroxylation is 2. The molecule has 0 aliphatic rings. The number of halogens is 1. The lowest BCUT2D eigenvalue weighted by Gasteiger charge is -2.12. The van der Waals surface area contributed by atoms with Gasteiger partial charge in [-0.15, -0.1) is 0 Å². The van der Waals surface area contributed by atoms with Crippen LogP contribution in [0.25, 0.3) is 0 Å². The van der Waals surface area contributed by atoms with Crippen LogP contribution in [0.2, 0.25) is 0 Å². The maximum atomic E-state index is 9.37. The normalized spacial score (nSPS) is 12.1. The standard InChI is InChI=1S/C13H12BrN3/c1-9-3-4-10(14)7-11(9)12(8-15)13-16-5-6-17(13)2/h3-7,12H,1-2H3. The van der Waals surface area contributed by atoms with E-state index in [1.165, 1.54) is 0 Å². The van der Waals surface area contributed by atoms with Crippen LogP contribution < -0.4 is 0 Å². The third kappa shape index (κ3) is 2.25. The zero-order valence-corrected chi connectivity index (χ0v) is 11.3. The van der Waals surface area contributed by atoms with Crippen molar-refractivity contribution in [2.24, 2.45) is 7.05 Å². The molecule has 0 aliphatic carbocycles. The first-order valence-corrected chi connectivity index (χ1v) is 6.05. The zero-order valence-electron chi connectivity index (χ0n) is 9.68. The van der Waals surface area contributed by atoms with Crippen LogP contribution in [-0.4, -0.2) is 9.55 Å². The highest BCUT2D eigenvalue weighted by Crippen LogP contribution is 2.27. The van der Waals surface area contributed by atoms with Crippen LogP contribution in [0.15, 0.2) is 35.1 Å². The van der Waals surface area contributed by atoms with E-state index in [0.29, 0.717) is 0 Å². The minimum absolute atomic E-state index is 0.326. The van der Waals surface area contributed by atoms with Crippen molar-refractivity contribution in [3.63, 3.8) is 0 Å². The van der Waals surface area contributed by atoms with Gasteiger partial charge in [0.25, 0.3) is 0 Å². The fraction of sp³-hybridized carbons (Fsp3) is 0.231. The number of nitrogens with zero attached hydrogens (tertiary/aromatic N) is 3. The number of hydrogen-bond acceptors (Lipinski definition) is 2. The van der Waals surface area contributed by atoms with Crippen molar-refractivity contribution < 1.29 is 0 Å². The Morgan fingerprint density at radius 1 is 1.47 bits per heavy atom. The number of imidazole rings is 1. The SMILES string of the molecule is Cc1ccc(Br)cc1C(C#N)c1nccn1C. The van der Waals surface area contributed by atoms with Crippen LogP contribution in [0.1, 0.15) is 22.9 Å². The number of aromatic nitrogens is 2. The summed E-state index contributed by atoms with van der Waals surface area (Å²) in [5.74, 6) is 0.446. The Bertz CT molecular complexity index is 581. The topological polar surface area (TPSA) is 41.6 Å². The first kappa shape index (κ1) is 11.9. The van der Waals surface area contributed by atoms with E-state index in [1.807, 2.05) is 42.9 Å². The molecule has 2 rings (SSSR count). The van der Waals surface area contributed by atoms with Crippen molar-refractivity contribution in [1.29, 1.82) is 5.26 Å². The monoisotopic (exact) mass is 289 g/mol. The fourth-order valence-electron chi connectivity index (χ4n) is 1.84. The maximum Gasteiger partial charge on any atom is 0.130 e. The van der Waals surface area contributed by atoms with Crippen LogP contribution in [0.4, 0.5) is 0 Å². The minimum atomic E-state index is -0.326. The highest BCUT2D eigenvalue weighted by atomic mass is 79.9. The Morgan fingerprint density at radius 3 is 2.82 bits per heavy atom. The predicted molar refractivity (Wildman–Crippen MR) is 69.5 cm³/mol. The predicted octanol–water partition coefficient (Wildman–Crippen LogP) is 3.15. The first-order valence-electron chi connectivity index (χ1n) is 5.26. The van der Waals surface area contributed by atoms with Crippen LogP contribution in [0.3, 0.4) is 0 Å². The summed E-state index contributed by atoms with van der Waals surface area (Å²) in [7, 11) is 1.90. The Morgan fingerprint density at radius 2 is 2.24 bits per heavy atom. The average Bonchev–Trinajstić information content (AvgIpc) is 2.71. The molecule has 1 aromatic carbocycles. The van der Waals surface area contributed by atoms with Crippen molar-refractivity contribution in [3.8, 4) is 6.07 Å².